The van der Waals surface area contributed by atoms with E-state index in [1.165, 1.54) is 12.3 Å². The van der Waals surface area contributed by atoms with Crippen LogP contribution in [0.4, 0.5) is 4.39 Å². The Bertz CT molecular complexity index is 504. The summed E-state index contributed by atoms with van der Waals surface area (Å²) in [5.74, 6) is -0.442. The zero-order chi connectivity index (χ0) is 11.5. The van der Waals surface area contributed by atoms with E-state index in [0.29, 0.717) is 5.56 Å². The summed E-state index contributed by atoms with van der Waals surface area (Å²) in [6, 6.07) is 8.74. The van der Waals surface area contributed by atoms with E-state index < -0.39 is 11.9 Å². The molecule has 0 aliphatic heterocycles. The van der Waals surface area contributed by atoms with Crippen molar-refractivity contribution in [3.63, 3.8) is 0 Å². The standard InChI is InChI=1S/C12H9FINO/c13-9-5-8(6-15-7-9)12(16)10-3-1-2-4-11(10)14/h1-7,12,16H. The summed E-state index contributed by atoms with van der Waals surface area (Å²) in [6.07, 6.45) is 1.75. The van der Waals surface area contributed by atoms with E-state index >= 15 is 0 Å². The largest absolute Gasteiger partial charge is 0.384 e. The molecule has 82 valence electrons. The average Bonchev–Trinajstić information content (AvgIpc) is 2.29. The molecular formula is C12H9FINO. The minimum Gasteiger partial charge on any atom is -0.384 e. The number of pyridine rings is 1. The van der Waals surface area contributed by atoms with E-state index in [0.717, 1.165) is 15.3 Å². The second-order valence-corrected chi connectivity index (χ2v) is 4.52. The maximum atomic E-state index is 13.0. The highest BCUT2D eigenvalue weighted by molar-refractivity contribution is 14.1. The maximum Gasteiger partial charge on any atom is 0.141 e. The Kier molecular flexibility index (Phi) is 3.50. The van der Waals surface area contributed by atoms with Crippen LogP contribution in [0, 0.1) is 9.39 Å². The van der Waals surface area contributed by atoms with Gasteiger partial charge in [0.25, 0.3) is 0 Å². The zero-order valence-electron chi connectivity index (χ0n) is 8.27. The van der Waals surface area contributed by atoms with Crippen LogP contribution in [0.5, 0.6) is 0 Å². The van der Waals surface area contributed by atoms with Gasteiger partial charge in [-0.2, -0.15) is 0 Å². The lowest BCUT2D eigenvalue weighted by atomic mass is 10.0. The number of hydrogen-bond donors (Lipinski definition) is 1. The molecule has 0 bridgehead atoms. The third-order valence-corrected chi connectivity index (χ3v) is 3.22. The van der Waals surface area contributed by atoms with Crippen molar-refractivity contribution in [1.29, 1.82) is 0 Å². The van der Waals surface area contributed by atoms with Crippen LogP contribution in [0.15, 0.2) is 42.7 Å². The Hall–Kier alpha value is -1.01. The Morgan fingerprint density at radius 2 is 2.00 bits per heavy atom. The third-order valence-electron chi connectivity index (χ3n) is 2.24. The molecular weight excluding hydrogens is 320 g/mol. The van der Waals surface area contributed by atoms with Crippen molar-refractivity contribution in [1.82, 2.24) is 4.98 Å². The van der Waals surface area contributed by atoms with Crippen LogP contribution in [0.3, 0.4) is 0 Å². The van der Waals surface area contributed by atoms with Crippen molar-refractivity contribution in [2.45, 2.75) is 6.10 Å². The van der Waals surface area contributed by atoms with Gasteiger partial charge in [0.1, 0.15) is 11.9 Å². The van der Waals surface area contributed by atoms with Gasteiger partial charge in [0, 0.05) is 15.3 Å². The van der Waals surface area contributed by atoms with E-state index in [1.54, 1.807) is 0 Å². The van der Waals surface area contributed by atoms with Crippen LogP contribution in [-0.4, -0.2) is 10.1 Å². The number of hydrogen-bond acceptors (Lipinski definition) is 2. The molecule has 1 unspecified atom stereocenters. The molecule has 1 aromatic heterocycles. The lowest BCUT2D eigenvalue weighted by molar-refractivity contribution is 0.218. The third kappa shape index (κ3) is 2.38. The molecule has 0 spiro atoms. The Balaban J connectivity index is 2.39. The molecule has 1 aromatic carbocycles. The van der Waals surface area contributed by atoms with Crippen molar-refractivity contribution < 1.29 is 9.50 Å². The zero-order valence-corrected chi connectivity index (χ0v) is 10.4. The fourth-order valence-electron chi connectivity index (χ4n) is 1.45. The van der Waals surface area contributed by atoms with Crippen molar-refractivity contribution in [2.75, 3.05) is 0 Å². The molecule has 2 aromatic rings. The first-order valence-corrected chi connectivity index (χ1v) is 5.79. The van der Waals surface area contributed by atoms with Crippen LogP contribution in [0.1, 0.15) is 17.2 Å². The normalized spacial score (nSPS) is 12.4. The molecule has 16 heavy (non-hydrogen) atoms. The lowest BCUT2D eigenvalue weighted by Crippen LogP contribution is -2.02. The summed E-state index contributed by atoms with van der Waals surface area (Å²) in [5, 5.41) is 10.1. The van der Waals surface area contributed by atoms with Crippen LogP contribution in [0.2, 0.25) is 0 Å². The van der Waals surface area contributed by atoms with Gasteiger partial charge in [0.2, 0.25) is 0 Å². The monoisotopic (exact) mass is 329 g/mol. The molecule has 2 nitrogen and oxygen atoms in total. The number of aliphatic hydroxyl groups is 1. The molecule has 1 atom stereocenters. The summed E-state index contributed by atoms with van der Waals surface area (Å²) in [7, 11) is 0. The molecule has 4 heteroatoms. The van der Waals surface area contributed by atoms with Crippen molar-refractivity contribution in [3.05, 3.63) is 63.2 Å². The van der Waals surface area contributed by atoms with Crippen LogP contribution >= 0.6 is 22.6 Å². The number of aromatic nitrogens is 1. The van der Waals surface area contributed by atoms with E-state index in [2.05, 4.69) is 27.6 Å². The predicted octanol–water partition coefficient (Wildman–Crippen LogP) is 2.91. The smallest absolute Gasteiger partial charge is 0.141 e. The first-order chi connectivity index (χ1) is 7.68. The summed E-state index contributed by atoms with van der Waals surface area (Å²) >= 11 is 2.14. The molecule has 0 aliphatic carbocycles. The Labute approximate surface area is 106 Å². The summed E-state index contributed by atoms with van der Waals surface area (Å²) in [5.41, 5.74) is 1.22. The Morgan fingerprint density at radius 3 is 2.69 bits per heavy atom. The summed E-state index contributed by atoms with van der Waals surface area (Å²) in [6.45, 7) is 0. The second kappa shape index (κ2) is 4.88. The van der Waals surface area contributed by atoms with Crippen LogP contribution < -0.4 is 0 Å². The first-order valence-electron chi connectivity index (χ1n) is 4.71. The van der Waals surface area contributed by atoms with Gasteiger partial charge in [0.15, 0.2) is 0 Å². The predicted molar refractivity (Wildman–Crippen MR) is 67.4 cm³/mol. The molecule has 0 saturated heterocycles. The van der Waals surface area contributed by atoms with Gasteiger partial charge in [-0.15, -0.1) is 0 Å². The van der Waals surface area contributed by atoms with Gasteiger partial charge >= 0.3 is 0 Å². The number of rotatable bonds is 2. The molecule has 0 saturated carbocycles. The Morgan fingerprint density at radius 1 is 1.25 bits per heavy atom. The average molecular weight is 329 g/mol. The van der Waals surface area contributed by atoms with E-state index in [-0.39, 0.29) is 0 Å². The van der Waals surface area contributed by atoms with Gasteiger partial charge in [-0.3, -0.25) is 4.98 Å². The van der Waals surface area contributed by atoms with Crippen molar-refractivity contribution in [3.8, 4) is 0 Å². The number of nitrogens with zero attached hydrogens (tertiary/aromatic N) is 1. The first kappa shape index (κ1) is 11.5. The van der Waals surface area contributed by atoms with Gasteiger partial charge < -0.3 is 5.11 Å². The van der Waals surface area contributed by atoms with E-state index in [9.17, 15) is 9.50 Å². The quantitative estimate of drug-likeness (QED) is 0.860. The lowest BCUT2D eigenvalue weighted by Gasteiger charge is -2.12. The second-order valence-electron chi connectivity index (χ2n) is 3.36. The van der Waals surface area contributed by atoms with Gasteiger partial charge in [-0.05, 0) is 40.3 Å². The van der Waals surface area contributed by atoms with E-state index in [4.69, 9.17) is 0 Å². The minimum atomic E-state index is -0.837. The fourth-order valence-corrected chi connectivity index (χ4v) is 2.14. The van der Waals surface area contributed by atoms with Gasteiger partial charge in [-0.1, -0.05) is 18.2 Å². The minimum absolute atomic E-state index is 0.442. The molecule has 0 amide bonds. The van der Waals surface area contributed by atoms with Crippen molar-refractivity contribution in [2.24, 2.45) is 0 Å². The van der Waals surface area contributed by atoms with E-state index in [1.807, 2.05) is 24.3 Å². The summed E-state index contributed by atoms with van der Waals surface area (Å²) < 4.78 is 13.9. The summed E-state index contributed by atoms with van der Waals surface area (Å²) in [4.78, 5) is 3.72. The molecule has 1 N–H and O–H groups in total. The van der Waals surface area contributed by atoms with Crippen LogP contribution in [-0.2, 0) is 0 Å². The maximum absolute atomic E-state index is 13.0. The number of benzene rings is 1. The van der Waals surface area contributed by atoms with Crippen LogP contribution in [0.25, 0.3) is 0 Å². The molecule has 0 fully saturated rings. The van der Waals surface area contributed by atoms with Gasteiger partial charge in [-0.25, -0.2) is 4.39 Å². The molecule has 0 aliphatic rings. The van der Waals surface area contributed by atoms with Crippen molar-refractivity contribution >= 4 is 22.6 Å². The molecule has 0 radical (unpaired) electrons. The fraction of sp³-hybridized carbons (Fsp3) is 0.0833. The number of aliphatic hydroxyl groups excluding tert-OH is 1. The molecule has 1 heterocycles. The highest BCUT2D eigenvalue weighted by Gasteiger charge is 2.13. The van der Waals surface area contributed by atoms with Gasteiger partial charge in [0.05, 0.1) is 6.20 Å². The number of halogens is 2. The highest BCUT2D eigenvalue weighted by atomic mass is 127. The topological polar surface area (TPSA) is 33.1 Å². The molecule has 2 rings (SSSR count). The highest BCUT2D eigenvalue weighted by Crippen LogP contribution is 2.25. The SMILES string of the molecule is OC(c1cncc(F)c1)c1ccccc1I.